The number of hydrogen-bond donors (Lipinski definition) is 0. The van der Waals surface area contributed by atoms with E-state index < -0.39 is 0 Å². The van der Waals surface area contributed by atoms with E-state index in [1.165, 1.54) is 15.0 Å². The monoisotopic (exact) mass is 424 g/mol. The second kappa shape index (κ2) is 9.06. The number of ether oxygens (including phenoxy) is 2. The molecule has 30 heavy (non-hydrogen) atoms. The Morgan fingerprint density at radius 3 is 2.60 bits per heavy atom. The number of hydrogen-bond acceptors (Lipinski definition) is 5. The highest BCUT2D eigenvalue weighted by Gasteiger charge is 2.29. The molecule has 1 aliphatic rings. The van der Waals surface area contributed by atoms with Crippen molar-refractivity contribution in [3.63, 3.8) is 0 Å². The lowest BCUT2D eigenvalue weighted by Gasteiger charge is -2.19. The van der Waals surface area contributed by atoms with Crippen LogP contribution in [-0.2, 0) is 13.0 Å². The molecule has 3 aromatic rings. The highest BCUT2D eigenvalue weighted by molar-refractivity contribution is 7.19. The van der Waals surface area contributed by atoms with E-state index in [9.17, 15) is 4.79 Å². The van der Waals surface area contributed by atoms with Crippen molar-refractivity contribution >= 4 is 27.3 Å². The van der Waals surface area contributed by atoms with Crippen LogP contribution in [0.15, 0.2) is 42.5 Å². The van der Waals surface area contributed by atoms with Gasteiger partial charge < -0.3 is 19.3 Å². The summed E-state index contributed by atoms with van der Waals surface area (Å²) in [4.78, 5) is 18.5. The second-order valence-electron chi connectivity index (χ2n) is 7.75. The fourth-order valence-electron chi connectivity index (χ4n) is 3.98. The predicted molar refractivity (Wildman–Crippen MR) is 122 cm³/mol. The third-order valence-corrected chi connectivity index (χ3v) is 6.85. The van der Waals surface area contributed by atoms with Crippen LogP contribution in [0.1, 0.15) is 27.2 Å². The average molecular weight is 425 g/mol. The highest BCUT2D eigenvalue weighted by Crippen LogP contribution is 2.35. The molecule has 1 amide bonds. The minimum atomic E-state index is 0.0823. The predicted octanol–water partition coefficient (Wildman–Crippen LogP) is 4.44. The quantitative estimate of drug-likeness (QED) is 0.509. The van der Waals surface area contributed by atoms with Gasteiger partial charge in [-0.25, -0.2) is 0 Å². The van der Waals surface area contributed by atoms with Gasteiger partial charge in [-0.2, -0.15) is 0 Å². The lowest BCUT2D eigenvalue weighted by atomic mass is 10.1. The molecular formula is C24H28N2O3S. The van der Waals surface area contributed by atoms with Crippen molar-refractivity contribution in [3.05, 3.63) is 58.5 Å². The van der Waals surface area contributed by atoms with Gasteiger partial charge in [-0.1, -0.05) is 18.2 Å². The maximum Gasteiger partial charge on any atom is 0.254 e. The molecular weight excluding hydrogens is 396 g/mol. The zero-order chi connectivity index (χ0) is 21.1. The maximum absolute atomic E-state index is 12.8. The molecule has 0 fully saturated rings. The third kappa shape index (κ3) is 4.30. The van der Waals surface area contributed by atoms with Gasteiger partial charge >= 0.3 is 0 Å². The van der Waals surface area contributed by atoms with Crippen LogP contribution in [-0.4, -0.2) is 56.6 Å². The first-order valence-electron chi connectivity index (χ1n) is 10.3. The van der Waals surface area contributed by atoms with Gasteiger partial charge in [-0.05, 0) is 61.6 Å². The number of rotatable bonds is 9. The van der Waals surface area contributed by atoms with Gasteiger partial charge in [0.1, 0.15) is 0 Å². The van der Waals surface area contributed by atoms with Crippen LogP contribution < -0.4 is 9.47 Å². The Morgan fingerprint density at radius 2 is 1.83 bits per heavy atom. The fraction of sp³-hybridized carbons (Fsp3) is 0.375. The molecule has 158 valence electrons. The van der Waals surface area contributed by atoms with Gasteiger partial charge in [0, 0.05) is 34.8 Å². The number of benzene rings is 2. The summed E-state index contributed by atoms with van der Waals surface area (Å²) in [6.07, 6.45) is 2.01. The number of likely N-dealkylation sites (N-methyl/N-ethyl adjacent to an activating group) is 1. The zero-order valence-electron chi connectivity index (χ0n) is 17.8. The SMILES string of the molecule is COc1cc2c(cc1OC)C(=O)N(CCCN(C)CCc1cc3ccccc3s1)C2. The van der Waals surface area contributed by atoms with Crippen LogP contribution in [0, 0.1) is 0 Å². The molecule has 0 saturated heterocycles. The van der Waals surface area contributed by atoms with Gasteiger partial charge in [-0.3, -0.25) is 4.79 Å². The Labute approximate surface area is 181 Å². The van der Waals surface area contributed by atoms with E-state index in [2.05, 4.69) is 42.3 Å². The fourth-order valence-corrected chi connectivity index (χ4v) is 5.04. The molecule has 2 heterocycles. The van der Waals surface area contributed by atoms with Crippen LogP contribution in [0.5, 0.6) is 11.5 Å². The summed E-state index contributed by atoms with van der Waals surface area (Å²) in [6, 6.07) is 14.6. The first-order valence-corrected chi connectivity index (χ1v) is 11.1. The van der Waals surface area contributed by atoms with Crippen molar-refractivity contribution in [2.75, 3.05) is 40.9 Å². The highest BCUT2D eigenvalue weighted by atomic mass is 32.1. The summed E-state index contributed by atoms with van der Waals surface area (Å²) in [6.45, 7) is 3.39. The molecule has 0 atom stereocenters. The Kier molecular flexibility index (Phi) is 6.25. The Hall–Kier alpha value is -2.57. The van der Waals surface area contributed by atoms with Gasteiger partial charge in [0.05, 0.1) is 14.2 Å². The minimum Gasteiger partial charge on any atom is -0.493 e. The average Bonchev–Trinajstić information content (AvgIpc) is 3.31. The van der Waals surface area contributed by atoms with E-state index in [1.807, 2.05) is 22.3 Å². The summed E-state index contributed by atoms with van der Waals surface area (Å²) in [5.41, 5.74) is 1.74. The topological polar surface area (TPSA) is 42.0 Å². The molecule has 1 aromatic heterocycles. The molecule has 0 N–H and O–H groups in total. The van der Waals surface area contributed by atoms with E-state index >= 15 is 0 Å². The summed E-state index contributed by atoms with van der Waals surface area (Å²) in [7, 11) is 5.37. The van der Waals surface area contributed by atoms with E-state index in [4.69, 9.17) is 9.47 Å². The summed E-state index contributed by atoms with van der Waals surface area (Å²) in [5, 5.41) is 1.33. The van der Waals surface area contributed by atoms with E-state index in [0.29, 0.717) is 18.0 Å². The molecule has 0 radical (unpaired) electrons. The number of nitrogens with zero attached hydrogens (tertiary/aromatic N) is 2. The molecule has 1 aliphatic heterocycles. The lowest BCUT2D eigenvalue weighted by Crippen LogP contribution is -2.29. The van der Waals surface area contributed by atoms with Gasteiger partial charge in [0.15, 0.2) is 11.5 Å². The van der Waals surface area contributed by atoms with Gasteiger partial charge in [0.25, 0.3) is 5.91 Å². The standard InChI is InChI=1S/C24H28N2O3S/c1-25(12-9-19-13-17-7-4-5-8-23(17)30-19)10-6-11-26-16-18-14-21(28-2)22(29-3)15-20(18)24(26)27/h4-5,7-8,13-15H,6,9-12,16H2,1-3H3. The van der Waals surface area contributed by atoms with Gasteiger partial charge in [-0.15, -0.1) is 11.3 Å². The van der Waals surface area contributed by atoms with Crippen LogP contribution in [0.2, 0.25) is 0 Å². The van der Waals surface area contributed by atoms with E-state index in [-0.39, 0.29) is 5.91 Å². The van der Waals surface area contributed by atoms with E-state index in [1.54, 1.807) is 20.3 Å². The Bertz CT molecular complexity index is 1010. The summed E-state index contributed by atoms with van der Waals surface area (Å²) < 4.78 is 12.1. The van der Waals surface area contributed by atoms with Crippen molar-refractivity contribution in [1.29, 1.82) is 0 Å². The first-order chi connectivity index (χ1) is 14.6. The van der Waals surface area contributed by atoms with Crippen molar-refractivity contribution < 1.29 is 14.3 Å². The number of carbonyl (C=O) groups is 1. The number of thiophene rings is 1. The molecule has 0 aliphatic carbocycles. The summed E-state index contributed by atoms with van der Waals surface area (Å²) >= 11 is 1.88. The molecule has 0 unspecified atom stereocenters. The second-order valence-corrected chi connectivity index (χ2v) is 8.92. The summed E-state index contributed by atoms with van der Waals surface area (Å²) in [5.74, 6) is 1.36. The van der Waals surface area contributed by atoms with Crippen molar-refractivity contribution in [1.82, 2.24) is 9.80 Å². The molecule has 0 saturated carbocycles. The van der Waals surface area contributed by atoms with Crippen LogP contribution in [0.25, 0.3) is 10.1 Å². The first kappa shape index (κ1) is 20.7. The Balaban J connectivity index is 1.26. The van der Waals surface area contributed by atoms with Gasteiger partial charge in [0.2, 0.25) is 0 Å². The number of carbonyl (C=O) groups excluding carboxylic acids is 1. The van der Waals surface area contributed by atoms with Crippen LogP contribution >= 0.6 is 11.3 Å². The van der Waals surface area contributed by atoms with E-state index in [0.717, 1.165) is 43.6 Å². The van der Waals surface area contributed by atoms with Crippen LogP contribution in [0.4, 0.5) is 0 Å². The van der Waals surface area contributed by atoms with Crippen LogP contribution in [0.3, 0.4) is 0 Å². The molecule has 6 heteroatoms. The normalized spacial score (nSPS) is 13.3. The number of amides is 1. The molecule has 0 bridgehead atoms. The maximum atomic E-state index is 12.8. The molecule has 2 aromatic carbocycles. The molecule has 0 spiro atoms. The molecule has 5 nitrogen and oxygen atoms in total. The number of methoxy groups -OCH3 is 2. The van der Waals surface area contributed by atoms with Crippen molar-refractivity contribution in [2.45, 2.75) is 19.4 Å². The third-order valence-electron chi connectivity index (χ3n) is 5.67. The zero-order valence-corrected chi connectivity index (χ0v) is 18.6. The largest absolute Gasteiger partial charge is 0.493 e. The smallest absolute Gasteiger partial charge is 0.254 e. The Morgan fingerprint density at radius 1 is 1.07 bits per heavy atom. The number of fused-ring (bicyclic) bond motifs is 2. The van der Waals surface area contributed by atoms with Crippen molar-refractivity contribution in [3.8, 4) is 11.5 Å². The minimum absolute atomic E-state index is 0.0823. The molecule has 4 rings (SSSR count). The van der Waals surface area contributed by atoms with Crippen molar-refractivity contribution in [2.24, 2.45) is 0 Å². The lowest BCUT2D eigenvalue weighted by molar-refractivity contribution is 0.0772.